The predicted octanol–water partition coefficient (Wildman–Crippen LogP) is 4.39. The molecule has 10 nitrogen and oxygen atoms in total. The number of hydrogen-bond acceptors (Lipinski definition) is 8. The van der Waals surface area contributed by atoms with Crippen molar-refractivity contribution in [2.24, 2.45) is 0 Å². The summed E-state index contributed by atoms with van der Waals surface area (Å²) >= 11 is 0. The third-order valence-electron chi connectivity index (χ3n) is 6.87. The highest BCUT2D eigenvalue weighted by Crippen LogP contribution is 2.33. The number of hydrogen-bond donors (Lipinski definition) is 2. The molecular weight excluding hydrogens is 524 g/mol. The molecule has 1 aliphatic heterocycles. The van der Waals surface area contributed by atoms with Crippen molar-refractivity contribution in [2.75, 3.05) is 43.1 Å². The first kappa shape index (κ1) is 27.9. The van der Waals surface area contributed by atoms with Gasteiger partial charge < -0.3 is 29.4 Å². The SMILES string of the molecule is C[Si](C)(C)CCOCn1c(-c2ccc(NC(=O)c3cc(CO)ccn3)cc2)cc2c(N3CCOCC3)ncnc21. The molecule has 0 saturated carbocycles. The molecule has 1 fully saturated rings. The van der Waals surface area contributed by atoms with Crippen molar-refractivity contribution >= 4 is 36.5 Å². The second-order valence-electron chi connectivity index (χ2n) is 11.1. The molecule has 0 bridgehead atoms. The van der Waals surface area contributed by atoms with E-state index in [1.54, 1.807) is 18.5 Å². The Morgan fingerprint density at radius 3 is 2.58 bits per heavy atom. The zero-order chi connectivity index (χ0) is 28.1. The van der Waals surface area contributed by atoms with Crippen molar-refractivity contribution in [2.45, 2.75) is 39.0 Å². The monoisotopic (exact) mass is 560 g/mol. The van der Waals surface area contributed by atoms with E-state index >= 15 is 0 Å². The zero-order valence-electron chi connectivity index (χ0n) is 23.3. The van der Waals surface area contributed by atoms with Gasteiger partial charge in [0.15, 0.2) is 0 Å². The molecule has 11 heteroatoms. The lowest BCUT2D eigenvalue weighted by Gasteiger charge is -2.28. The number of nitrogens with zero attached hydrogens (tertiary/aromatic N) is 5. The molecule has 0 atom stereocenters. The second kappa shape index (κ2) is 12.3. The van der Waals surface area contributed by atoms with Gasteiger partial charge in [0, 0.05) is 39.7 Å². The minimum Gasteiger partial charge on any atom is -0.392 e. The van der Waals surface area contributed by atoms with Crippen LogP contribution in [0.1, 0.15) is 16.1 Å². The molecule has 1 amide bonds. The average Bonchev–Trinajstić information content (AvgIpc) is 3.34. The number of rotatable bonds is 10. The number of fused-ring (bicyclic) bond motifs is 1. The van der Waals surface area contributed by atoms with Gasteiger partial charge in [-0.1, -0.05) is 31.8 Å². The number of nitrogens with one attached hydrogen (secondary N) is 1. The van der Waals surface area contributed by atoms with E-state index in [0.717, 1.165) is 47.2 Å². The van der Waals surface area contributed by atoms with E-state index in [4.69, 9.17) is 9.47 Å². The number of carbonyl (C=O) groups excluding carboxylic acids is 1. The summed E-state index contributed by atoms with van der Waals surface area (Å²) in [7, 11) is -1.22. The van der Waals surface area contributed by atoms with Crippen LogP contribution in [0.3, 0.4) is 0 Å². The zero-order valence-corrected chi connectivity index (χ0v) is 24.3. The molecule has 2 N–H and O–H groups in total. The maximum Gasteiger partial charge on any atom is 0.274 e. The van der Waals surface area contributed by atoms with Crippen molar-refractivity contribution in [1.29, 1.82) is 0 Å². The summed E-state index contributed by atoms with van der Waals surface area (Å²) in [5, 5.41) is 13.2. The summed E-state index contributed by atoms with van der Waals surface area (Å²) in [5.74, 6) is 0.565. The fourth-order valence-corrected chi connectivity index (χ4v) is 5.35. The van der Waals surface area contributed by atoms with E-state index in [1.807, 2.05) is 24.3 Å². The number of aromatic nitrogens is 4. The summed E-state index contributed by atoms with van der Waals surface area (Å²) in [5.41, 5.74) is 4.29. The maximum absolute atomic E-state index is 12.7. The Morgan fingerprint density at radius 2 is 1.85 bits per heavy atom. The smallest absolute Gasteiger partial charge is 0.274 e. The number of amides is 1. The standard InChI is InChI=1S/C29H36N6O4Si/c1-40(2,3)15-14-39-20-35-26(17-24-27(31-19-32-28(24)35)34-10-12-38-13-11-34)22-4-6-23(7-5-22)33-29(37)25-16-21(18-36)8-9-30-25/h4-9,16-17,19,36H,10-15,18,20H2,1-3H3,(H,33,37). The Hall–Kier alpha value is -3.64. The highest BCUT2D eigenvalue weighted by molar-refractivity contribution is 6.76. The summed E-state index contributed by atoms with van der Waals surface area (Å²) in [6, 6.07) is 14.1. The number of anilines is 2. The van der Waals surface area contributed by atoms with Crippen molar-refractivity contribution in [3.63, 3.8) is 0 Å². The largest absolute Gasteiger partial charge is 0.392 e. The van der Waals surface area contributed by atoms with Gasteiger partial charge >= 0.3 is 0 Å². The molecule has 0 aliphatic carbocycles. The van der Waals surface area contributed by atoms with Gasteiger partial charge in [-0.15, -0.1) is 0 Å². The van der Waals surface area contributed by atoms with Gasteiger partial charge in [0.1, 0.15) is 30.2 Å². The van der Waals surface area contributed by atoms with Crippen molar-refractivity contribution in [1.82, 2.24) is 19.5 Å². The highest BCUT2D eigenvalue weighted by atomic mass is 28.3. The van der Waals surface area contributed by atoms with Crippen molar-refractivity contribution in [3.8, 4) is 11.3 Å². The topological polar surface area (TPSA) is 115 Å². The number of ether oxygens (including phenoxy) is 2. The molecule has 1 aromatic carbocycles. The van der Waals surface area contributed by atoms with Crippen LogP contribution in [0.2, 0.25) is 25.7 Å². The number of aliphatic hydroxyl groups is 1. The van der Waals surface area contributed by atoms with Crippen molar-refractivity contribution in [3.05, 3.63) is 66.2 Å². The molecule has 3 aromatic heterocycles. The fraction of sp³-hybridized carbons (Fsp3) is 0.379. The van der Waals surface area contributed by atoms with E-state index in [1.165, 1.54) is 6.20 Å². The first-order chi connectivity index (χ1) is 19.3. The lowest BCUT2D eigenvalue weighted by atomic mass is 10.1. The van der Waals surface area contributed by atoms with E-state index in [0.29, 0.717) is 37.8 Å². The van der Waals surface area contributed by atoms with Gasteiger partial charge in [-0.25, -0.2) is 9.97 Å². The molecule has 4 heterocycles. The molecular formula is C29H36N6O4Si. The third kappa shape index (κ3) is 6.56. The van der Waals surface area contributed by atoms with Crippen molar-refractivity contribution < 1.29 is 19.4 Å². The first-order valence-electron chi connectivity index (χ1n) is 13.5. The Balaban J connectivity index is 1.43. The molecule has 1 aliphatic rings. The number of morpholine rings is 1. The average molecular weight is 561 g/mol. The van der Waals surface area contributed by atoms with Crippen LogP contribution in [-0.2, 0) is 22.8 Å². The van der Waals surface area contributed by atoms with Gasteiger partial charge in [0.2, 0.25) is 0 Å². The minimum atomic E-state index is -1.22. The highest BCUT2D eigenvalue weighted by Gasteiger charge is 2.21. The molecule has 0 spiro atoms. The van der Waals surface area contributed by atoms with E-state index in [9.17, 15) is 9.90 Å². The van der Waals surface area contributed by atoms with E-state index in [-0.39, 0.29) is 18.2 Å². The van der Waals surface area contributed by atoms with Gasteiger partial charge in [0.25, 0.3) is 5.91 Å². The van der Waals surface area contributed by atoms with Crippen LogP contribution in [0.5, 0.6) is 0 Å². The molecule has 210 valence electrons. The van der Waals surface area contributed by atoms with E-state index in [2.05, 4.69) is 55.4 Å². The van der Waals surface area contributed by atoms with Crippen LogP contribution in [-0.4, -0.2) is 71.5 Å². The van der Waals surface area contributed by atoms with Gasteiger partial charge in [0.05, 0.1) is 30.9 Å². The van der Waals surface area contributed by atoms with Crippen LogP contribution < -0.4 is 10.2 Å². The van der Waals surface area contributed by atoms with Crippen LogP contribution >= 0.6 is 0 Å². The third-order valence-corrected chi connectivity index (χ3v) is 8.58. The number of pyridine rings is 1. The first-order valence-corrected chi connectivity index (χ1v) is 17.3. The van der Waals surface area contributed by atoms with Gasteiger partial charge in [-0.2, -0.15) is 0 Å². The molecule has 4 aromatic rings. The van der Waals surface area contributed by atoms with Crippen LogP contribution in [0, 0.1) is 0 Å². The van der Waals surface area contributed by atoms with Gasteiger partial charge in [-0.05, 0) is 47.5 Å². The predicted molar refractivity (Wildman–Crippen MR) is 158 cm³/mol. The van der Waals surface area contributed by atoms with Crippen LogP contribution in [0.25, 0.3) is 22.3 Å². The summed E-state index contributed by atoms with van der Waals surface area (Å²) in [6.07, 6.45) is 3.14. The minimum absolute atomic E-state index is 0.148. The summed E-state index contributed by atoms with van der Waals surface area (Å²) in [4.78, 5) is 28.4. The summed E-state index contributed by atoms with van der Waals surface area (Å²) in [6.45, 7) is 10.9. The Bertz CT molecular complexity index is 1460. The molecule has 40 heavy (non-hydrogen) atoms. The number of aliphatic hydroxyl groups excluding tert-OH is 1. The lowest BCUT2D eigenvalue weighted by Crippen LogP contribution is -2.36. The maximum atomic E-state index is 12.7. The molecule has 0 radical (unpaired) electrons. The Kier molecular flexibility index (Phi) is 8.55. The second-order valence-corrected chi connectivity index (χ2v) is 16.7. The normalized spacial score (nSPS) is 14.1. The van der Waals surface area contributed by atoms with E-state index < -0.39 is 8.07 Å². The fourth-order valence-electron chi connectivity index (χ4n) is 4.60. The number of carbonyl (C=O) groups is 1. The molecule has 0 unspecified atom stereocenters. The van der Waals surface area contributed by atoms with Crippen LogP contribution in [0.4, 0.5) is 11.5 Å². The Labute approximate surface area is 235 Å². The summed E-state index contributed by atoms with van der Waals surface area (Å²) < 4.78 is 13.8. The van der Waals surface area contributed by atoms with Gasteiger partial charge in [-0.3, -0.25) is 9.78 Å². The Morgan fingerprint density at radius 1 is 1.07 bits per heavy atom. The molecule has 5 rings (SSSR count). The van der Waals surface area contributed by atoms with Crippen LogP contribution in [0.15, 0.2) is 55.0 Å². The quantitative estimate of drug-likeness (QED) is 0.217. The number of benzene rings is 1. The lowest BCUT2D eigenvalue weighted by molar-refractivity contribution is 0.0909. The molecule has 1 saturated heterocycles.